The average molecular weight is 582 g/mol. The normalized spacial score (nSPS) is 18.2. The molecule has 0 N–H and O–H groups in total. The number of thioether (sulfide) groups is 2. The number of anilines is 1. The minimum atomic E-state index is 0. The van der Waals surface area contributed by atoms with E-state index < -0.39 is 0 Å². The van der Waals surface area contributed by atoms with E-state index in [0.29, 0.717) is 6.54 Å². The molecule has 5 rings (SSSR count). The lowest BCUT2D eigenvalue weighted by Gasteiger charge is -2.15. The highest BCUT2D eigenvalue weighted by Gasteiger charge is 2.27. The number of hydrogen-bond acceptors (Lipinski definition) is 5. The largest absolute Gasteiger partial charge is 1.00 e. The molecule has 3 aromatic rings. The van der Waals surface area contributed by atoms with Crippen molar-refractivity contribution in [2.75, 3.05) is 30.8 Å². The van der Waals surface area contributed by atoms with E-state index in [2.05, 4.69) is 72.8 Å². The summed E-state index contributed by atoms with van der Waals surface area (Å²) in [4.78, 5) is 16.8. The smallest absolute Gasteiger partial charge is 0.271 e. The molecule has 0 radical (unpaired) electrons. The number of rotatable bonds is 3. The highest BCUT2D eigenvalue weighted by Crippen LogP contribution is 2.48. The van der Waals surface area contributed by atoms with Gasteiger partial charge in [0.25, 0.3) is 5.56 Å². The van der Waals surface area contributed by atoms with Crippen LogP contribution in [0.5, 0.6) is 0 Å². The van der Waals surface area contributed by atoms with Gasteiger partial charge in [-0.1, -0.05) is 53.9 Å². The Hall–Kier alpha value is -1.23. The van der Waals surface area contributed by atoms with Crippen LogP contribution in [0.2, 0.25) is 0 Å². The van der Waals surface area contributed by atoms with Crippen LogP contribution in [0.15, 0.2) is 46.1 Å². The Balaban J connectivity index is 0.00000231. The van der Waals surface area contributed by atoms with E-state index in [1.54, 1.807) is 23.1 Å². The van der Waals surface area contributed by atoms with E-state index >= 15 is 0 Å². The fourth-order valence-electron chi connectivity index (χ4n) is 4.12. The van der Waals surface area contributed by atoms with Crippen LogP contribution in [-0.4, -0.2) is 40.1 Å². The molecule has 0 aliphatic carbocycles. The van der Waals surface area contributed by atoms with Crippen LogP contribution >= 0.6 is 34.9 Å². The summed E-state index contributed by atoms with van der Waals surface area (Å²) in [7, 11) is 2.08. The molecule has 0 spiro atoms. The van der Waals surface area contributed by atoms with Crippen molar-refractivity contribution in [3.8, 4) is 0 Å². The Bertz CT molecular complexity index is 1370. The van der Waals surface area contributed by atoms with Gasteiger partial charge < -0.3 is 28.9 Å². The third kappa shape index (κ3) is 3.89. The number of hydrogen-bond donors (Lipinski definition) is 0. The molecule has 1 aromatic heterocycles. The Morgan fingerprint density at radius 2 is 1.97 bits per heavy atom. The fraction of sp³-hybridized carbons (Fsp3) is 0.304. The van der Waals surface area contributed by atoms with E-state index in [9.17, 15) is 4.79 Å². The van der Waals surface area contributed by atoms with Gasteiger partial charge in [-0.15, -0.1) is 11.3 Å². The van der Waals surface area contributed by atoms with Crippen LogP contribution in [0.4, 0.5) is 5.69 Å². The van der Waals surface area contributed by atoms with Crippen molar-refractivity contribution in [2.45, 2.75) is 25.3 Å². The third-order valence-corrected chi connectivity index (χ3v) is 9.21. The van der Waals surface area contributed by atoms with Crippen LogP contribution in [0, 0.1) is 0 Å². The number of benzene rings is 2. The molecule has 0 fully saturated rings. The molecule has 3 heterocycles. The molecule has 2 aliphatic heterocycles. The first-order valence-electron chi connectivity index (χ1n) is 10.3. The van der Waals surface area contributed by atoms with E-state index in [0.717, 1.165) is 33.1 Å². The lowest BCUT2D eigenvalue weighted by Crippen LogP contribution is -3.00. The molecule has 0 bridgehead atoms. The lowest BCUT2D eigenvalue weighted by atomic mass is 10.1. The van der Waals surface area contributed by atoms with Crippen LogP contribution in [0.1, 0.15) is 13.8 Å². The van der Waals surface area contributed by atoms with Crippen molar-refractivity contribution >= 4 is 67.5 Å². The molecule has 0 atom stereocenters. The molecule has 4 nitrogen and oxygen atoms in total. The zero-order chi connectivity index (χ0) is 20.8. The van der Waals surface area contributed by atoms with Gasteiger partial charge in [-0.2, -0.15) is 0 Å². The average Bonchev–Trinajstić information content (AvgIpc) is 3.44. The number of nitrogens with zero attached hydrogens (tertiary/aromatic N) is 3. The highest BCUT2D eigenvalue weighted by atomic mass is 127. The van der Waals surface area contributed by atoms with Crippen LogP contribution in [-0.2, 0) is 6.54 Å². The first-order valence-corrected chi connectivity index (χ1v) is 12.9. The monoisotopic (exact) mass is 581 g/mol. The number of aromatic nitrogens is 1. The van der Waals surface area contributed by atoms with Crippen LogP contribution in [0.3, 0.4) is 0 Å². The minimum Gasteiger partial charge on any atom is -1.00 e. The topological polar surface area (TPSA) is 28.2 Å². The maximum absolute atomic E-state index is 13.4. The zero-order valence-electron chi connectivity index (χ0n) is 17.7. The fourth-order valence-corrected chi connectivity index (χ4v) is 7.78. The van der Waals surface area contributed by atoms with Crippen molar-refractivity contribution in [2.24, 2.45) is 0 Å². The summed E-state index contributed by atoms with van der Waals surface area (Å²) in [6.07, 6.45) is 2.21. The SMILES string of the molecule is CCn1c(=O)/c(=C2/Sc3ccc4ccccc4c3N2C)s/c1=C/C1=[N+](CC)CCS1.[I-]. The van der Waals surface area contributed by atoms with Crippen LogP contribution in [0.25, 0.3) is 21.9 Å². The van der Waals surface area contributed by atoms with Gasteiger partial charge in [-0.25, -0.2) is 4.58 Å². The molecule has 0 saturated carbocycles. The number of halogens is 1. The quantitative estimate of drug-likeness (QED) is 0.330. The summed E-state index contributed by atoms with van der Waals surface area (Å²) in [5.41, 5.74) is 1.32. The third-order valence-electron chi connectivity index (χ3n) is 5.68. The minimum absolute atomic E-state index is 0. The summed E-state index contributed by atoms with van der Waals surface area (Å²) in [5.74, 6) is 1.12. The molecule has 162 valence electrons. The number of fused-ring (bicyclic) bond motifs is 3. The van der Waals surface area contributed by atoms with Gasteiger partial charge in [0.05, 0.1) is 17.5 Å². The maximum Gasteiger partial charge on any atom is 0.271 e. The molecule has 2 aromatic carbocycles. The van der Waals surface area contributed by atoms with Gasteiger partial charge in [0.1, 0.15) is 20.8 Å². The summed E-state index contributed by atoms with van der Waals surface area (Å²) < 4.78 is 6.19. The Kier molecular flexibility index (Phi) is 6.90. The Morgan fingerprint density at radius 3 is 2.74 bits per heavy atom. The van der Waals surface area contributed by atoms with E-state index in [4.69, 9.17) is 0 Å². The van der Waals surface area contributed by atoms with Crippen molar-refractivity contribution < 1.29 is 28.6 Å². The lowest BCUT2D eigenvalue weighted by molar-refractivity contribution is -0.512. The number of thiazole rings is 1. The summed E-state index contributed by atoms with van der Waals surface area (Å²) in [6.45, 7) is 7.01. The molecular weight excluding hydrogens is 557 g/mol. The predicted molar refractivity (Wildman–Crippen MR) is 133 cm³/mol. The van der Waals surface area contributed by atoms with Gasteiger partial charge in [-0.05, 0) is 25.3 Å². The van der Waals surface area contributed by atoms with Crippen molar-refractivity contribution in [1.29, 1.82) is 0 Å². The summed E-state index contributed by atoms with van der Waals surface area (Å²) in [6, 6.07) is 12.8. The summed E-state index contributed by atoms with van der Waals surface area (Å²) in [5, 5.41) is 4.77. The van der Waals surface area contributed by atoms with Gasteiger partial charge in [0.2, 0.25) is 5.04 Å². The molecule has 2 aliphatic rings. The molecular formula is C23H24IN3OS3. The van der Waals surface area contributed by atoms with Crippen molar-refractivity contribution in [1.82, 2.24) is 4.57 Å². The zero-order valence-corrected chi connectivity index (χ0v) is 22.3. The Labute approximate surface area is 211 Å². The summed E-state index contributed by atoms with van der Waals surface area (Å²) >= 11 is 5.22. The second-order valence-corrected chi connectivity index (χ2v) is 10.5. The van der Waals surface area contributed by atoms with Gasteiger partial charge in [0.15, 0.2) is 6.54 Å². The second-order valence-electron chi connectivity index (χ2n) is 7.33. The first kappa shape index (κ1) is 22.9. The van der Waals surface area contributed by atoms with E-state index in [-0.39, 0.29) is 29.5 Å². The van der Waals surface area contributed by atoms with E-state index in [1.807, 2.05) is 16.3 Å². The second kappa shape index (κ2) is 9.33. The first-order chi connectivity index (χ1) is 14.6. The Morgan fingerprint density at radius 1 is 1.16 bits per heavy atom. The van der Waals surface area contributed by atoms with E-state index in [1.165, 1.54) is 26.4 Å². The highest BCUT2D eigenvalue weighted by molar-refractivity contribution is 8.14. The molecule has 0 unspecified atom stereocenters. The van der Waals surface area contributed by atoms with Crippen LogP contribution < -0.4 is 43.6 Å². The van der Waals surface area contributed by atoms with Gasteiger partial charge >= 0.3 is 0 Å². The van der Waals surface area contributed by atoms with Crippen molar-refractivity contribution in [3.63, 3.8) is 0 Å². The van der Waals surface area contributed by atoms with Gasteiger partial charge in [0, 0.05) is 23.9 Å². The molecule has 31 heavy (non-hydrogen) atoms. The molecule has 8 heteroatoms. The predicted octanol–water partition coefficient (Wildman–Crippen LogP) is 0.353. The van der Waals surface area contributed by atoms with Crippen molar-refractivity contribution in [3.05, 3.63) is 55.9 Å². The standard InChI is InChI=1S/C23H24N3OS3.HI/c1-4-25-12-13-28-18(25)14-19-26(5-2)22(27)21(30-19)23-24(3)20-16-9-7-6-8-15(16)10-11-17(20)29-23;/h6-11,14H,4-5,12-13H2,1-3H3;1H/q+1;/p-1/b23-21-;. The molecule has 0 amide bonds. The van der Waals surface area contributed by atoms with Gasteiger partial charge in [-0.3, -0.25) is 9.36 Å². The maximum atomic E-state index is 13.4. The molecule has 0 saturated heterocycles.